The summed E-state index contributed by atoms with van der Waals surface area (Å²) in [6.07, 6.45) is 0. The topological polar surface area (TPSA) is 43.1 Å². The molecular formula is C12H12NOP. The van der Waals surface area contributed by atoms with Crippen LogP contribution in [0.3, 0.4) is 0 Å². The van der Waals surface area contributed by atoms with Gasteiger partial charge in [0.15, 0.2) is 0 Å². The van der Waals surface area contributed by atoms with Crippen LogP contribution in [-0.2, 0) is 4.57 Å². The lowest BCUT2D eigenvalue weighted by molar-refractivity contribution is 0.598. The average molecular weight is 217 g/mol. The minimum Gasteiger partial charge on any atom is -0.399 e. The monoisotopic (exact) mass is 217 g/mol. The predicted octanol–water partition coefficient (Wildman–Crippen LogP) is 1.78. The van der Waals surface area contributed by atoms with Gasteiger partial charge in [0.1, 0.15) is 7.80 Å². The quantitative estimate of drug-likeness (QED) is 0.615. The molecule has 0 spiro atoms. The summed E-state index contributed by atoms with van der Waals surface area (Å²) >= 11 is 0. The van der Waals surface area contributed by atoms with Gasteiger partial charge in [-0.1, -0.05) is 42.5 Å². The van der Waals surface area contributed by atoms with Crippen molar-refractivity contribution in [3.05, 3.63) is 54.6 Å². The molecule has 0 aromatic heterocycles. The smallest absolute Gasteiger partial charge is 0.131 e. The molecule has 0 aliphatic heterocycles. The second kappa shape index (κ2) is 4.33. The molecule has 3 heteroatoms. The van der Waals surface area contributed by atoms with Gasteiger partial charge in [0.25, 0.3) is 0 Å². The third-order valence-corrected chi connectivity index (χ3v) is 3.88. The molecule has 0 heterocycles. The molecule has 2 N–H and O–H groups in total. The average Bonchev–Trinajstić information content (AvgIpc) is 2.29. The zero-order valence-electron chi connectivity index (χ0n) is 8.18. The summed E-state index contributed by atoms with van der Waals surface area (Å²) in [4.78, 5) is 0. The highest BCUT2D eigenvalue weighted by Crippen LogP contribution is 2.19. The number of nitrogen functional groups attached to an aromatic ring is 1. The van der Waals surface area contributed by atoms with Crippen molar-refractivity contribution in [3.63, 3.8) is 0 Å². The maximum absolute atomic E-state index is 12.1. The minimum absolute atomic E-state index is 0.654. The van der Waals surface area contributed by atoms with Crippen LogP contribution in [0.5, 0.6) is 0 Å². The first-order valence-corrected chi connectivity index (χ1v) is 6.13. The van der Waals surface area contributed by atoms with Crippen LogP contribution in [0.2, 0.25) is 0 Å². The molecule has 0 aliphatic rings. The van der Waals surface area contributed by atoms with Crippen LogP contribution in [-0.4, -0.2) is 0 Å². The van der Waals surface area contributed by atoms with Gasteiger partial charge in [-0.3, -0.25) is 0 Å². The number of rotatable bonds is 2. The van der Waals surface area contributed by atoms with Gasteiger partial charge in [-0.2, -0.15) is 0 Å². The summed E-state index contributed by atoms with van der Waals surface area (Å²) in [5.74, 6) is 0. The fraction of sp³-hybridized carbons (Fsp3) is 0. The highest BCUT2D eigenvalue weighted by atomic mass is 31.1. The number of benzene rings is 2. The summed E-state index contributed by atoms with van der Waals surface area (Å²) in [5, 5.41) is 1.68. The molecule has 0 saturated heterocycles. The Labute approximate surface area is 89.5 Å². The van der Waals surface area contributed by atoms with E-state index in [4.69, 9.17) is 5.73 Å². The van der Waals surface area contributed by atoms with E-state index in [0.717, 1.165) is 10.6 Å². The minimum atomic E-state index is -1.90. The molecule has 0 fully saturated rings. The van der Waals surface area contributed by atoms with Gasteiger partial charge in [0, 0.05) is 16.3 Å². The van der Waals surface area contributed by atoms with Crippen LogP contribution in [0.15, 0.2) is 54.6 Å². The van der Waals surface area contributed by atoms with E-state index in [0.29, 0.717) is 5.69 Å². The summed E-state index contributed by atoms with van der Waals surface area (Å²) in [6.45, 7) is 0. The second-order valence-electron chi connectivity index (χ2n) is 3.32. The van der Waals surface area contributed by atoms with E-state index in [1.807, 2.05) is 42.5 Å². The molecular weight excluding hydrogens is 205 g/mol. The molecule has 2 rings (SSSR count). The zero-order chi connectivity index (χ0) is 10.7. The predicted molar refractivity (Wildman–Crippen MR) is 65.6 cm³/mol. The molecule has 2 aromatic carbocycles. The summed E-state index contributed by atoms with van der Waals surface area (Å²) in [6, 6.07) is 16.7. The molecule has 0 bridgehead atoms. The lowest BCUT2D eigenvalue weighted by Crippen LogP contribution is -2.06. The lowest BCUT2D eigenvalue weighted by Gasteiger charge is -2.03. The summed E-state index contributed by atoms with van der Waals surface area (Å²) in [5.41, 5.74) is 6.31. The molecule has 2 aromatic rings. The van der Waals surface area contributed by atoms with Gasteiger partial charge in [0.05, 0.1) is 0 Å². The Hall–Kier alpha value is -1.53. The van der Waals surface area contributed by atoms with Crippen LogP contribution in [0.4, 0.5) is 5.69 Å². The van der Waals surface area contributed by atoms with E-state index < -0.39 is 7.80 Å². The number of anilines is 1. The van der Waals surface area contributed by atoms with Gasteiger partial charge in [-0.25, -0.2) is 0 Å². The van der Waals surface area contributed by atoms with Crippen molar-refractivity contribution in [2.24, 2.45) is 0 Å². The van der Waals surface area contributed by atoms with E-state index in [-0.39, 0.29) is 0 Å². The molecule has 0 amide bonds. The van der Waals surface area contributed by atoms with Crippen LogP contribution in [0.25, 0.3) is 0 Å². The van der Waals surface area contributed by atoms with Crippen LogP contribution >= 0.6 is 7.80 Å². The van der Waals surface area contributed by atoms with Gasteiger partial charge in [-0.05, 0) is 12.1 Å². The van der Waals surface area contributed by atoms with E-state index in [1.54, 1.807) is 12.1 Å². The number of nitrogens with two attached hydrogens (primary N) is 1. The molecule has 0 radical (unpaired) electrons. The van der Waals surface area contributed by atoms with Gasteiger partial charge in [0.2, 0.25) is 0 Å². The van der Waals surface area contributed by atoms with Crippen LogP contribution < -0.4 is 16.3 Å². The molecule has 0 saturated carbocycles. The molecule has 1 unspecified atom stereocenters. The van der Waals surface area contributed by atoms with Crippen LogP contribution in [0, 0.1) is 0 Å². The molecule has 2 nitrogen and oxygen atoms in total. The van der Waals surface area contributed by atoms with Crippen molar-refractivity contribution < 1.29 is 4.57 Å². The normalized spacial score (nSPS) is 12.3. The van der Waals surface area contributed by atoms with E-state index >= 15 is 0 Å². The van der Waals surface area contributed by atoms with Crippen molar-refractivity contribution >= 4 is 24.1 Å². The maximum atomic E-state index is 12.1. The summed E-state index contributed by atoms with van der Waals surface area (Å²) < 4.78 is 12.1. The Morgan fingerprint density at radius 1 is 0.867 bits per heavy atom. The summed E-state index contributed by atoms with van der Waals surface area (Å²) in [7, 11) is -1.90. The Morgan fingerprint density at radius 2 is 1.53 bits per heavy atom. The lowest BCUT2D eigenvalue weighted by atomic mass is 10.3. The highest BCUT2D eigenvalue weighted by Gasteiger charge is 2.05. The fourth-order valence-corrected chi connectivity index (χ4v) is 2.81. The van der Waals surface area contributed by atoms with Crippen LogP contribution in [0.1, 0.15) is 0 Å². The Balaban J connectivity index is 2.37. The third kappa shape index (κ3) is 2.28. The van der Waals surface area contributed by atoms with Gasteiger partial charge < -0.3 is 10.3 Å². The standard InChI is InChI=1S/C12H12NOP/c13-10-5-4-8-12(9-10)15(14)11-6-2-1-3-7-11/h1-9,15H,13H2. The van der Waals surface area contributed by atoms with Crippen molar-refractivity contribution in [3.8, 4) is 0 Å². The molecule has 1 atom stereocenters. The second-order valence-corrected chi connectivity index (χ2v) is 5.13. The SMILES string of the molecule is Nc1cccc([PH](=O)c2ccccc2)c1. The Bertz CT molecular complexity index is 482. The largest absolute Gasteiger partial charge is 0.399 e. The molecule has 15 heavy (non-hydrogen) atoms. The van der Waals surface area contributed by atoms with Crippen molar-refractivity contribution in [1.29, 1.82) is 0 Å². The zero-order valence-corrected chi connectivity index (χ0v) is 9.18. The Kier molecular flexibility index (Phi) is 2.89. The third-order valence-electron chi connectivity index (χ3n) is 2.18. The number of hydrogen-bond acceptors (Lipinski definition) is 2. The van der Waals surface area contributed by atoms with Crippen molar-refractivity contribution in [1.82, 2.24) is 0 Å². The first kappa shape index (κ1) is 10.0. The van der Waals surface area contributed by atoms with Crippen molar-refractivity contribution in [2.75, 3.05) is 5.73 Å². The van der Waals surface area contributed by atoms with E-state index in [9.17, 15) is 4.57 Å². The highest BCUT2D eigenvalue weighted by molar-refractivity contribution is 7.61. The van der Waals surface area contributed by atoms with E-state index in [2.05, 4.69) is 0 Å². The Morgan fingerprint density at radius 3 is 2.20 bits per heavy atom. The van der Waals surface area contributed by atoms with Crippen molar-refractivity contribution in [2.45, 2.75) is 0 Å². The maximum Gasteiger partial charge on any atom is 0.131 e. The molecule has 76 valence electrons. The van der Waals surface area contributed by atoms with Gasteiger partial charge >= 0.3 is 0 Å². The number of hydrogen-bond donors (Lipinski definition) is 1. The fourth-order valence-electron chi connectivity index (χ4n) is 1.44. The first-order valence-electron chi connectivity index (χ1n) is 4.72. The molecule has 0 aliphatic carbocycles. The van der Waals surface area contributed by atoms with E-state index in [1.165, 1.54) is 0 Å². The first-order chi connectivity index (χ1) is 7.27. The van der Waals surface area contributed by atoms with Gasteiger partial charge in [-0.15, -0.1) is 0 Å².